The Balaban J connectivity index is 1.63. The van der Waals surface area contributed by atoms with E-state index in [0.29, 0.717) is 11.5 Å². The largest absolute Gasteiger partial charge is 0.465 e. The van der Waals surface area contributed by atoms with Gasteiger partial charge in [-0.05, 0) is 46.6 Å². The molecule has 5 heteroatoms. The Morgan fingerprint density at radius 2 is 1.75 bits per heavy atom. The lowest BCUT2D eigenvalue weighted by atomic mass is 9.67. The van der Waals surface area contributed by atoms with Gasteiger partial charge in [0.15, 0.2) is 5.78 Å². The fourth-order valence-electron chi connectivity index (χ4n) is 3.09. The molecular formula is C19H24BClO3. The van der Waals surface area contributed by atoms with Gasteiger partial charge in [0, 0.05) is 22.3 Å². The van der Waals surface area contributed by atoms with Crippen LogP contribution in [0.15, 0.2) is 47.1 Å². The molecule has 0 bridgehead atoms. The minimum absolute atomic E-state index is 0.114. The highest BCUT2D eigenvalue weighted by molar-refractivity contribution is 6.48. The smallest absolute Gasteiger partial charge is 0.403 e. The summed E-state index contributed by atoms with van der Waals surface area (Å²) in [6.45, 7) is 8.22. The summed E-state index contributed by atoms with van der Waals surface area (Å²) in [6, 6.07) is 0. The average Bonchev–Trinajstić information content (AvgIpc) is 2.76. The van der Waals surface area contributed by atoms with Gasteiger partial charge in [-0.1, -0.05) is 42.0 Å². The van der Waals surface area contributed by atoms with Gasteiger partial charge in [0.25, 0.3) is 0 Å². The van der Waals surface area contributed by atoms with Crippen LogP contribution in [0.3, 0.4) is 0 Å². The molecule has 1 aliphatic heterocycles. The van der Waals surface area contributed by atoms with Crippen LogP contribution in [0.1, 0.15) is 40.5 Å². The van der Waals surface area contributed by atoms with Crippen molar-refractivity contribution in [2.45, 2.75) is 57.6 Å². The SMILES string of the molecule is CC1(C)OB(C2C=CC(C(=O)C3C=CC(Cl)=CC3)=CC2)OC1(C)C. The molecule has 0 spiro atoms. The fraction of sp³-hybridized carbons (Fsp3) is 0.526. The highest BCUT2D eigenvalue weighted by Crippen LogP contribution is 2.42. The van der Waals surface area contributed by atoms with Gasteiger partial charge in [-0.15, -0.1) is 0 Å². The van der Waals surface area contributed by atoms with Gasteiger partial charge in [0.1, 0.15) is 0 Å². The summed E-state index contributed by atoms with van der Waals surface area (Å²) in [5.41, 5.74) is 0.108. The van der Waals surface area contributed by atoms with E-state index < -0.39 is 0 Å². The van der Waals surface area contributed by atoms with Crippen molar-refractivity contribution in [3.05, 3.63) is 47.1 Å². The molecule has 0 N–H and O–H groups in total. The van der Waals surface area contributed by atoms with E-state index in [0.717, 1.165) is 12.0 Å². The van der Waals surface area contributed by atoms with Crippen molar-refractivity contribution >= 4 is 24.5 Å². The molecule has 2 aliphatic carbocycles. The normalized spacial score (nSPS) is 31.0. The van der Waals surface area contributed by atoms with E-state index in [-0.39, 0.29) is 35.8 Å². The lowest BCUT2D eigenvalue weighted by Gasteiger charge is -2.32. The van der Waals surface area contributed by atoms with Crippen LogP contribution in [0.25, 0.3) is 0 Å². The zero-order valence-electron chi connectivity index (χ0n) is 14.7. The first-order valence-electron chi connectivity index (χ1n) is 8.52. The van der Waals surface area contributed by atoms with Crippen LogP contribution in [-0.2, 0) is 14.1 Å². The Hall–Kier alpha value is -1.10. The van der Waals surface area contributed by atoms with Crippen LogP contribution in [0.5, 0.6) is 0 Å². The Bertz CT molecular complexity index is 642. The molecule has 3 aliphatic rings. The Kier molecular flexibility index (Phi) is 4.67. The quantitative estimate of drug-likeness (QED) is 0.700. The summed E-state index contributed by atoms with van der Waals surface area (Å²) in [5.74, 6) is 0.172. The van der Waals surface area contributed by atoms with E-state index in [1.54, 1.807) is 6.08 Å². The summed E-state index contributed by atoms with van der Waals surface area (Å²) in [5, 5.41) is 0.702. The van der Waals surface area contributed by atoms with E-state index in [4.69, 9.17) is 20.9 Å². The van der Waals surface area contributed by atoms with Crippen molar-refractivity contribution in [1.82, 2.24) is 0 Å². The standard InChI is InChI=1S/C19H24BClO3/c1-18(2)19(3,4)24-20(23-18)15-9-5-13(6-10-15)17(22)14-7-11-16(21)12-8-14/h5-7,9,11-12,14-15H,8,10H2,1-4H3. The average molecular weight is 347 g/mol. The Labute approximate surface area is 149 Å². The molecule has 2 atom stereocenters. The molecule has 128 valence electrons. The number of allylic oxidation sites excluding steroid dienone is 8. The summed E-state index contributed by atoms with van der Waals surface area (Å²) >= 11 is 5.92. The lowest BCUT2D eigenvalue weighted by Crippen LogP contribution is -2.41. The zero-order chi connectivity index (χ0) is 17.5. The first kappa shape index (κ1) is 17.7. The molecule has 0 aromatic rings. The van der Waals surface area contributed by atoms with Gasteiger partial charge in [-0.2, -0.15) is 0 Å². The number of Topliss-reactive ketones (excluding diaryl/α,β-unsaturated/α-hetero) is 1. The van der Waals surface area contributed by atoms with Crippen LogP contribution in [0.4, 0.5) is 0 Å². The molecular weight excluding hydrogens is 322 g/mol. The first-order chi connectivity index (χ1) is 11.2. The molecule has 3 nitrogen and oxygen atoms in total. The molecule has 2 unspecified atom stereocenters. The molecule has 0 aromatic carbocycles. The molecule has 1 heterocycles. The topological polar surface area (TPSA) is 35.5 Å². The lowest BCUT2D eigenvalue weighted by molar-refractivity contribution is -0.117. The number of rotatable bonds is 3. The van der Waals surface area contributed by atoms with Gasteiger partial charge >= 0.3 is 7.12 Å². The van der Waals surface area contributed by atoms with E-state index in [1.165, 1.54) is 0 Å². The third-order valence-corrected chi connectivity index (χ3v) is 5.71. The monoisotopic (exact) mass is 346 g/mol. The first-order valence-corrected chi connectivity index (χ1v) is 8.89. The minimum Gasteiger partial charge on any atom is -0.403 e. The summed E-state index contributed by atoms with van der Waals surface area (Å²) in [4.78, 5) is 12.6. The number of carbonyl (C=O) groups excluding carboxylic acids is 1. The highest BCUT2D eigenvalue weighted by Gasteiger charge is 2.53. The van der Waals surface area contributed by atoms with Crippen molar-refractivity contribution < 1.29 is 14.1 Å². The second-order valence-corrected chi connectivity index (χ2v) is 8.13. The molecule has 0 amide bonds. The predicted molar refractivity (Wildman–Crippen MR) is 97.9 cm³/mol. The van der Waals surface area contributed by atoms with Crippen LogP contribution < -0.4 is 0 Å². The van der Waals surface area contributed by atoms with Crippen molar-refractivity contribution in [2.24, 2.45) is 5.92 Å². The maximum Gasteiger partial charge on any atom is 0.465 e. The van der Waals surface area contributed by atoms with Crippen molar-refractivity contribution in [3.63, 3.8) is 0 Å². The van der Waals surface area contributed by atoms with Crippen LogP contribution in [-0.4, -0.2) is 24.1 Å². The van der Waals surface area contributed by atoms with E-state index >= 15 is 0 Å². The van der Waals surface area contributed by atoms with Crippen LogP contribution in [0.2, 0.25) is 5.82 Å². The second-order valence-electron chi connectivity index (χ2n) is 7.70. The summed E-state index contributed by atoms with van der Waals surface area (Å²) in [7, 11) is -0.268. The number of halogens is 1. The molecule has 1 fully saturated rings. The molecule has 1 saturated heterocycles. The highest BCUT2D eigenvalue weighted by atomic mass is 35.5. The zero-order valence-corrected chi connectivity index (χ0v) is 15.5. The molecule has 0 aromatic heterocycles. The van der Waals surface area contributed by atoms with Gasteiger partial charge in [0.05, 0.1) is 11.2 Å². The third-order valence-electron chi connectivity index (χ3n) is 5.43. The number of carbonyl (C=O) groups is 1. The van der Waals surface area contributed by atoms with Crippen molar-refractivity contribution in [3.8, 4) is 0 Å². The van der Waals surface area contributed by atoms with Crippen molar-refractivity contribution in [1.29, 1.82) is 0 Å². The van der Waals surface area contributed by atoms with Gasteiger partial charge in [-0.3, -0.25) is 4.79 Å². The van der Waals surface area contributed by atoms with Crippen LogP contribution in [0, 0.1) is 5.92 Å². The van der Waals surface area contributed by atoms with Gasteiger partial charge in [-0.25, -0.2) is 0 Å². The van der Waals surface area contributed by atoms with Gasteiger partial charge in [0.2, 0.25) is 0 Å². The number of hydrogen-bond donors (Lipinski definition) is 0. The summed E-state index contributed by atoms with van der Waals surface area (Å²) < 4.78 is 12.2. The van der Waals surface area contributed by atoms with E-state index in [9.17, 15) is 4.79 Å². The molecule has 3 rings (SSSR count). The maximum absolute atomic E-state index is 12.6. The molecule has 0 radical (unpaired) electrons. The molecule has 24 heavy (non-hydrogen) atoms. The van der Waals surface area contributed by atoms with Crippen LogP contribution >= 0.6 is 11.6 Å². The fourth-order valence-corrected chi connectivity index (χ4v) is 3.25. The van der Waals surface area contributed by atoms with E-state index in [1.807, 2.05) is 30.4 Å². The maximum atomic E-state index is 12.6. The Morgan fingerprint density at radius 1 is 1.08 bits per heavy atom. The molecule has 0 saturated carbocycles. The minimum atomic E-state index is -0.330. The predicted octanol–water partition coefficient (Wildman–Crippen LogP) is 4.60. The Morgan fingerprint density at radius 3 is 2.25 bits per heavy atom. The number of hydrogen-bond acceptors (Lipinski definition) is 3. The summed E-state index contributed by atoms with van der Waals surface area (Å²) in [6.07, 6.45) is 13.0. The van der Waals surface area contributed by atoms with Crippen molar-refractivity contribution in [2.75, 3.05) is 0 Å². The third kappa shape index (κ3) is 3.33. The van der Waals surface area contributed by atoms with Gasteiger partial charge < -0.3 is 9.31 Å². The van der Waals surface area contributed by atoms with E-state index in [2.05, 4.69) is 27.7 Å². The number of ketones is 1. The second kappa shape index (κ2) is 6.32.